The van der Waals surface area contributed by atoms with E-state index in [2.05, 4.69) is 31.2 Å². The summed E-state index contributed by atoms with van der Waals surface area (Å²) in [6.07, 6.45) is 4.80. The molecule has 3 aromatic heterocycles. The predicted octanol–water partition coefficient (Wildman–Crippen LogP) is 4.31. The van der Waals surface area contributed by atoms with Gasteiger partial charge in [0, 0.05) is 23.1 Å². The van der Waals surface area contributed by atoms with Crippen molar-refractivity contribution in [1.82, 2.24) is 14.4 Å². The number of nitrogens with zero attached hydrogens (tertiary/aromatic N) is 3. The fourth-order valence-electron chi connectivity index (χ4n) is 2.65. The van der Waals surface area contributed by atoms with Crippen LogP contribution in [0.4, 0.5) is 5.69 Å². The molecule has 4 rings (SSSR count). The van der Waals surface area contributed by atoms with Crippen LogP contribution in [0, 0.1) is 6.92 Å². The monoisotopic (exact) mass is 396 g/mol. The molecule has 0 spiro atoms. The largest absolute Gasteiger partial charge is 0.451 e. The van der Waals surface area contributed by atoms with Crippen LogP contribution in [0.15, 0.2) is 64.3 Å². The lowest BCUT2D eigenvalue weighted by molar-refractivity contribution is 0.102. The molecule has 0 atom stereocenters. The van der Waals surface area contributed by atoms with Crippen LogP contribution in [0.3, 0.4) is 0 Å². The van der Waals surface area contributed by atoms with E-state index in [0.717, 1.165) is 17.0 Å². The number of anilines is 1. The van der Waals surface area contributed by atoms with Crippen LogP contribution in [0.5, 0.6) is 0 Å². The summed E-state index contributed by atoms with van der Waals surface area (Å²) < 4.78 is 7.56. The number of hydrogen-bond acceptors (Lipinski definition) is 4. The Morgan fingerprint density at radius 2 is 2.04 bits per heavy atom. The number of fused-ring (bicyclic) bond motifs is 1. The zero-order chi connectivity index (χ0) is 17.4. The quantitative estimate of drug-likeness (QED) is 0.523. The number of oxazole rings is 1. The van der Waals surface area contributed by atoms with E-state index >= 15 is 0 Å². The number of carbonyl (C=O) groups is 1. The van der Waals surface area contributed by atoms with Gasteiger partial charge in [0.15, 0.2) is 12.0 Å². The Morgan fingerprint density at radius 3 is 2.76 bits per heavy atom. The molecule has 6 nitrogen and oxygen atoms in total. The maximum absolute atomic E-state index is 12.6. The van der Waals surface area contributed by atoms with Gasteiger partial charge in [-0.05, 0) is 47.1 Å². The van der Waals surface area contributed by atoms with E-state index in [9.17, 15) is 4.79 Å². The molecule has 1 N–H and O–H groups in total. The second kappa shape index (κ2) is 6.18. The van der Waals surface area contributed by atoms with Gasteiger partial charge in [-0.25, -0.2) is 9.97 Å². The van der Waals surface area contributed by atoms with Crippen LogP contribution in [-0.2, 0) is 0 Å². The van der Waals surface area contributed by atoms with Gasteiger partial charge in [0.05, 0.1) is 5.56 Å². The van der Waals surface area contributed by atoms with Gasteiger partial charge in [-0.1, -0.05) is 12.1 Å². The number of hydrogen-bond donors (Lipinski definition) is 1. The zero-order valence-electron chi connectivity index (χ0n) is 13.2. The molecule has 0 bridgehead atoms. The summed E-state index contributed by atoms with van der Waals surface area (Å²) in [5, 5.41) is 2.90. The van der Waals surface area contributed by atoms with Gasteiger partial charge >= 0.3 is 0 Å². The summed E-state index contributed by atoms with van der Waals surface area (Å²) in [6, 6.07) is 11.1. The molecule has 0 unspecified atom stereocenters. The lowest BCUT2D eigenvalue weighted by Crippen LogP contribution is -2.12. The number of carbonyl (C=O) groups excluding carboxylic acids is 1. The van der Waals surface area contributed by atoms with Crippen LogP contribution in [0.2, 0.25) is 0 Å². The second-order valence-corrected chi connectivity index (χ2v) is 6.36. The maximum atomic E-state index is 12.6. The minimum Gasteiger partial charge on any atom is -0.451 e. The van der Waals surface area contributed by atoms with Crippen molar-refractivity contribution in [1.29, 1.82) is 0 Å². The summed E-state index contributed by atoms with van der Waals surface area (Å²) in [4.78, 5) is 21.1. The van der Waals surface area contributed by atoms with Crippen LogP contribution < -0.4 is 5.32 Å². The first kappa shape index (κ1) is 15.6. The molecule has 3 heterocycles. The van der Waals surface area contributed by atoms with Gasteiger partial charge in [0.1, 0.15) is 16.6 Å². The average molecular weight is 397 g/mol. The van der Waals surface area contributed by atoms with E-state index in [1.165, 1.54) is 6.39 Å². The smallest absolute Gasteiger partial charge is 0.259 e. The first-order valence-corrected chi connectivity index (χ1v) is 8.35. The third-order valence-electron chi connectivity index (χ3n) is 3.90. The normalized spacial score (nSPS) is 11.0. The van der Waals surface area contributed by atoms with Gasteiger partial charge in [-0.15, -0.1) is 0 Å². The molecule has 124 valence electrons. The summed E-state index contributed by atoms with van der Waals surface area (Å²) in [6.45, 7) is 1.96. The predicted molar refractivity (Wildman–Crippen MR) is 97.5 cm³/mol. The van der Waals surface area contributed by atoms with Crippen molar-refractivity contribution < 1.29 is 9.21 Å². The highest BCUT2D eigenvalue weighted by Crippen LogP contribution is 2.21. The molecule has 1 amide bonds. The van der Waals surface area contributed by atoms with E-state index in [1.54, 1.807) is 12.3 Å². The first-order chi connectivity index (χ1) is 12.1. The van der Waals surface area contributed by atoms with Crippen molar-refractivity contribution in [2.75, 3.05) is 5.32 Å². The van der Waals surface area contributed by atoms with Crippen LogP contribution in [-0.4, -0.2) is 20.3 Å². The third-order valence-corrected chi connectivity index (χ3v) is 4.30. The van der Waals surface area contributed by atoms with Crippen molar-refractivity contribution in [3.63, 3.8) is 0 Å². The van der Waals surface area contributed by atoms with E-state index < -0.39 is 0 Å². The lowest BCUT2D eigenvalue weighted by atomic mass is 10.1. The van der Waals surface area contributed by atoms with Crippen molar-refractivity contribution in [3.05, 3.63) is 71.1 Å². The van der Waals surface area contributed by atoms with Crippen molar-refractivity contribution in [3.8, 4) is 11.3 Å². The lowest BCUT2D eigenvalue weighted by Gasteiger charge is -2.06. The number of benzene rings is 1. The molecule has 0 radical (unpaired) electrons. The molecule has 0 saturated heterocycles. The molecule has 7 heteroatoms. The number of nitrogens with one attached hydrogen (secondary N) is 1. The highest BCUT2D eigenvalue weighted by Gasteiger charge is 2.14. The number of rotatable bonds is 3. The van der Waals surface area contributed by atoms with Gasteiger partial charge in [0.2, 0.25) is 0 Å². The Morgan fingerprint density at radius 1 is 1.24 bits per heavy atom. The molecular formula is C18H13BrN4O2. The van der Waals surface area contributed by atoms with E-state index in [4.69, 9.17) is 4.42 Å². The molecule has 25 heavy (non-hydrogen) atoms. The van der Waals surface area contributed by atoms with Crippen molar-refractivity contribution >= 4 is 33.2 Å². The molecule has 1 aromatic carbocycles. The van der Waals surface area contributed by atoms with E-state index in [-0.39, 0.29) is 5.91 Å². The van der Waals surface area contributed by atoms with Gasteiger partial charge in [-0.3, -0.25) is 4.79 Å². The average Bonchev–Trinajstić information content (AvgIpc) is 3.25. The molecule has 0 aliphatic carbocycles. The Balaban J connectivity index is 1.60. The van der Waals surface area contributed by atoms with Crippen LogP contribution >= 0.6 is 15.9 Å². The third kappa shape index (κ3) is 2.94. The van der Waals surface area contributed by atoms with Crippen LogP contribution in [0.25, 0.3) is 16.9 Å². The van der Waals surface area contributed by atoms with E-state index in [1.807, 2.05) is 47.9 Å². The molecular weight excluding hydrogens is 384 g/mol. The van der Waals surface area contributed by atoms with Crippen LogP contribution in [0.1, 0.15) is 16.1 Å². The van der Waals surface area contributed by atoms with Crippen molar-refractivity contribution in [2.45, 2.75) is 6.92 Å². The fourth-order valence-corrected chi connectivity index (χ4v) is 3.15. The molecule has 4 aromatic rings. The summed E-state index contributed by atoms with van der Waals surface area (Å²) in [5.74, 6) is -0.207. The number of aromatic nitrogens is 3. The Kier molecular flexibility index (Phi) is 3.85. The topological polar surface area (TPSA) is 72.4 Å². The Bertz CT molecular complexity index is 1050. The highest BCUT2D eigenvalue weighted by atomic mass is 79.9. The SMILES string of the molecule is Cc1cc(Br)nc2c(C(=O)Nc3ccc(-c4cocn4)cc3)ccn12. The Hall–Kier alpha value is -2.93. The summed E-state index contributed by atoms with van der Waals surface area (Å²) in [5.41, 5.74) is 4.49. The van der Waals surface area contributed by atoms with E-state index in [0.29, 0.717) is 21.5 Å². The standard InChI is InChI=1S/C18H13BrN4O2/c1-11-8-16(19)22-17-14(6-7-23(11)17)18(24)21-13-4-2-12(3-5-13)15-9-25-10-20-15/h2-10H,1H3,(H,21,24). The zero-order valence-corrected chi connectivity index (χ0v) is 14.8. The Labute approximate surface area is 151 Å². The second-order valence-electron chi connectivity index (χ2n) is 5.55. The van der Waals surface area contributed by atoms with Gasteiger partial charge in [-0.2, -0.15) is 0 Å². The summed E-state index contributed by atoms with van der Waals surface area (Å²) >= 11 is 3.38. The van der Waals surface area contributed by atoms with Crippen molar-refractivity contribution in [2.24, 2.45) is 0 Å². The number of amides is 1. The molecule has 0 saturated carbocycles. The first-order valence-electron chi connectivity index (χ1n) is 7.56. The number of aryl methyl sites for hydroxylation is 1. The highest BCUT2D eigenvalue weighted by molar-refractivity contribution is 9.10. The van der Waals surface area contributed by atoms with Gasteiger partial charge in [0.25, 0.3) is 5.91 Å². The van der Waals surface area contributed by atoms with Gasteiger partial charge < -0.3 is 14.1 Å². The minimum absolute atomic E-state index is 0.207. The summed E-state index contributed by atoms with van der Waals surface area (Å²) in [7, 11) is 0. The maximum Gasteiger partial charge on any atom is 0.259 e. The fraction of sp³-hybridized carbons (Fsp3) is 0.0556. The number of halogens is 1. The molecule has 0 aliphatic heterocycles. The minimum atomic E-state index is -0.207. The molecule has 0 aliphatic rings. The molecule has 0 fully saturated rings.